The lowest BCUT2D eigenvalue weighted by Crippen LogP contribution is -2.53. The van der Waals surface area contributed by atoms with Crippen molar-refractivity contribution in [3.63, 3.8) is 0 Å². The quantitative estimate of drug-likeness (QED) is 0.180. The van der Waals surface area contributed by atoms with Crippen LogP contribution >= 0.6 is 35.0 Å². The van der Waals surface area contributed by atoms with Crippen molar-refractivity contribution in [1.29, 1.82) is 0 Å². The maximum atomic E-state index is 14.4. The van der Waals surface area contributed by atoms with Crippen molar-refractivity contribution in [2.45, 2.75) is 74.4 Å². The summed E-state index contributed by atoms with van der Waals surface area (Å²) < 4.78 is 35.0. The topological polar surface area (TPSA) is 96.0 Å². The Morgan fingerprint density at radius 2 is 1.60 bits per heavy atom. The summed E-state index contributed by atoms with van der Waals surface area (Å²) >= 11 is 14.5. The minimum absolute atomic E-state index is 0.0358. The fourth-order valence-corrected chi connectivity index (χ4v) is 7.76. The van der Waals surface area contributed by atoms with Crippen LogP contribution in [0.1, 0.15) is 51.5 Å². The van der Waals surface area contributed by atoms with Gasteiger partial charge in [-0.3, -0.25) is 13.9 Å². The molecule has 0 heterocycles. The van der Waals surface area contributed by atoms with Crippen LogP contribution in [-0.4, -0.2) is 56.6 Å². The van der Waals surface area contributed by atoms with E-state index in [4.69, 9.17) is 27.9 Å². The first-order valence-corrected chi connectivity index (χ1v) is 18.4. The summed E-state index contributed by atoms with van der Waals surface area (Å²) in [6.45, 7) is 3.49. The predicted octanol–water partition coefficient (Wildman–Crippen LogP) is 7.18. The average Bonchev–Trinajstić information content (AvgIpc) is 3.54. The number of hydrogen-bond acceptors (Lipinski definition) is 6. The molecule has 3 aromatic carbocycles. The van der Waals surface area contributed by atoms with E-state index < -0.39 is 28.5 Å². The van der Waals surface area contributed by atoms with Crippen molar-refractivity contribution in [2.24, 2.45) is 0 Å². The number of nitrogens with zero attached hydrogens (tertiary/aromatic N) is 2. The molecule has 0 saturated heterocycles. The third kappa shape index (κ3) is 8.67. The molecule has 242 valence electrons. The molecule has 1 aliphatic rings. The summed E-state index contributed by atoms with van der Waals surface area (Å²) in [5.74, 6) is -0.291. The second kappa shape index (κ2) is 16.1. The van der Waals surface area contributed by atoms with E-state index in [1.54, 1.807) is 54.6 Å². The standard InChI is InChI=1S/C33H39Cl2N3O5S2/c1-4-31(33(40)36-23-9-6-7-10-23)37(21-28-29(34)11-8-12-30(28)35)32(39)22-38(24-13-15-25(16-14-24)43-5-2)45(41,42)27-19-17-26(44-3)18-20-27/h8,11-20,23,31H,4-7,9-10,21-22H2,1-3H3,(H,36,40)/t31-/m1/s1. The Morgan fingerprint density at radius 1 is 0.978 bits per heavy atom. The van der Waals surface area contributed by atoms with Gasteiger partial charge in [-0.05, 0) is 93.1 Å². The number of halogens is 2. The Balaban J connectivity index is 1.75. The summed E-state index contributed by atoms with van der Waals surface area (Å²) in [5, 5.41) is 3.79. The largest absolute Gasteiger partial charge is 0.494 e. The zero-order valence-corrected chi connectivity index (χ0v) is 28.8. The summed E-state index contributed by atoms with van der Waals surface area (Å²) in [5.41, 5.74) is 0.754. The molecule has 0 unspecified atom stereocenters. The summed E-state index contributed by atoms with van der Waals surface area (Å²) in [6, 6.07) is 17.2. The lowest BCUT2D eigenvalue weighted by atomic mass is 10.1. The molecule has 1 aliphatic carbocycles. The Hall–Kier alpha value is -2.92. The van der Waals surface area contributed by atoms with Gasteiger partial charge >= 0.3 is 0 Å². The molecule has 45 heavy (non-hydrogen) atoms. The molecular weight excluding hydrogens is 653 g/mol. The zero-order valence-electron chi connectivity index (χ0n) is 25.7. The number of benzene rings is 3. The third-order valence-electron chi connectivity index (χ3n) is 7.84. The van der Waals surface area contributed by atoms with Gasteiger partial charge in [0.1, 0.15) is 18.3 Å². The Labute approximate surface area is 280 Å². The van der Waals surface area contributed by atoms with Gasteiger partial charge in [-0.1, -0.05) is 49.0 Å². The molecule has 4 rings (SSSR count). The molecule has 1 atom stereocenters. The monoisotopic (exact) mass is 691 g/mol. The van der Waals surface area contributed by atoms with Crippen LogP contribution in [0.25, 0.3) is 0 Å². The number of ether oxygens (including phenoxy) is 1. The normalized spacial score (nSPS) is 14.2. The van der Waals surface area contributed by atoms with Crippen LogP contribution in [0.4, 0.5) is 5.69 Å². The second-order valence-electron chi connectivity index (χ2n) is 10.7. The predicted molar refractivity (Wildman–Crippen MR) is 182 cm³/mol. The van der Waals surface area contributed by atoms with E-state index in [-0.39, 0.29) is 29.1 Å². The maximum absolute atomic E-state index is 14.4. The van der Waals surface area contributed by atoms with Crippen molar-refractivity contribution >= 4 is 62.5 Å². The minimum atomic E-state index is -4.21. The van der Waals surface area contributed by atoms with E-state index >= 15 is 0 Å². The van der Waals surface area contributed by atoms with Crippen molar-refractivity contribution in [2.75, 3.05) is 23.7 Å². The zero-order chi connectivity index (χ0) is 32.6. The summed E-state index contributed by atoms with van der Waals surface area (Å²) in [7, 11) is -4.21. The molecule has 0 radical (unpaired) electrons. The first-order valence-electron chi connectivity index (χ1n) is 15.0. The number of sulfonamides is 1. The number of carbonyl (C=O) groups excluding carboxylic acids is 2. The number of nitrogens with one attached hydrogen (secondary N) is 1. The van der Waals surface area contributed by atoms with Gasteiger partial charge in [0.2, 0.25) is 11.8 Å². The molecule has 0 aromatic heterocycles. The number of rotatable bonds is 14. The molecular formula is C33H39Cl2N3O5S2. The molecule has 1 fully saturated rings. The fourth-order valence-electron chi connectivity index (χ4n) is 5.42. The maximum Gasteiger partial charge on any atom is 0.264 e. The van der Waals surface area contributed by atoms with Crippen LogP contribution in [0, 0.1) is 0 Å². The van der Waals surface area contributed by atoms with Gasteiger partial charge in [-0.25, -0.2) is 8.42 Å². The van der Waals surface area contributed by atoms with E-state index in [1.807, 2.05) is 20.1 Å². The first-order chi connectivity index (χ1) is 21.6. The molecule has 2 amide bonds. The number of amides is 2. The third-order valence-corrected chi connectivity index (χ3v) is 11.1. The van der Waals surface area contributed by atoms with Crippen LogP contribution in [0.15, 0.2) is 76.5 Å². The van der Waals surface area contributed by atoms with Gasteiger partial charge in [0.15, 0.2) is 0 Å². The Kier molecular flexibility index (Phi) is 12.5. The lowest BCUT2D eigenvalue weighted by molar-refractivity contribution is -0.140. The Morgan fingerprint density at radius 3 is 2.16 bits per heavy atom. The first kappa shape index (κ1) is 34.9. The van der Waals surface area contributed by atoms with Crippen LogP contribution in [-0.2, 0) is 26.2 Å². The SMILES string of the molecule is CCOc1ccc(N(CC(=O)N(Cc2c(Cl)cccc2Cl)[C@H](CC)C(=O)NC2CCCC2)S(=O)(=O)c2ccc(SC)cc2)cc1. The number of anilines is 1. The molecule has 0 spiro atoms. The Bertz CT molecular complexity index is 1540. The molecule has 1 saturated carbocycles. The van der Waals surface area contributed by atoms with Crippen LogP contribution < -0.4 is 14.4 Å². The van der Waals surface area contributed by atoms with Crippen LogP contribution in [0.5, 0.6) is 5.75 Å². The number of carbonyl (C=O) groups is 2. The second-order valence-corrected chi connectivity index (χ2v) is 14.3. The fraction of sp³-hybridized carbons (Fsp3) is 0.394. The highest BCUT2D eigenvalue weighted by Crippen LogP contribution is 2.30. The van der Waals surface area contributed by atoms with Gasteiger partial charge < -0.3 is 15.0 Å². The van der Waals surface area contributed by atoms with Crippen molar-refractivity contribution in [1.82, 2.24) is 10.2 Å². The van der Waals surface area contributed by atoms with Gasteiger partial charge in [0.05, 0.1) is 17.2 Å². The van der Waals surface area contributed by atoms with Crippen molar-refractivity contribution < 1.29 is 22.7 Å². The summed E-state index contributed by atoms with van der Waals surface area (Å²) in [4.78, 5) is 30.4. The molecule has 0 bridgehead atoms. The van der Waals surface area contributed by atoms with Gasteiger partial charge in [0.25, 0.3) is 10.0 Å². The smallest absolute Gasteiger partial charge is 0.264 e. The highest BCUT2D eigenvalue weighted by molar-refractivity contribution is 7.98. The van der Waals surface area contributed by atoms with E-state index in [1.165, 1.54) is 28.8 Å². The van der Waals surface area contributed by atoms with Crippen LogP contribution in [0.2, 0.25) is 10.0 Å². The molecule has 1 N–H and O–H groups in total. The van der Waals surface area contributed by atoms with Crippen molar-refractivity contribution in [3.05, 3.63) is 82.3 Å². The van der Waals surface area contributed by atoms with E-state index in [0.717, 1.165) is 34.9 Å². The van der Waals surface area contributed by atoms with Crippen LogP contribution in [0.3, 0.4) is 0 Å². The van der Waals surface area contributed by atoms with Gasteiger partial charge in [-0.15, -0.1) is 11.8 Å². The molecule has 3 aromatic rings. The highest BCUT2D eigenvalue weighted by Gasteiger charge is 2.35. The minimum Gasteiger partial charge on any atom is -0.494 e. The molecule has 12 heteroatoms. The summed E-state index contributed by atoms with van der Waals surface area (Å²) in [6.07, 6.45) is 6.04. The number of thioether (sulfide) groups is 1. The van der Waals surface area contributed by atoms with Gasteiger partial charge in [-0.2, -0.15) is 0 Å². The molecule has 8 nitrogen and oxygen atoms in total. The van der Waals surface area contributed by atoms with E-state index in [0.29, 0.717) is 34.4 Å². The van der Waals surface area contributed by atoms with E-state index in [2.05, 4.69) is 5.32 Å². The average molecular weight is 693 g/mol. The van der Waals surface area contributed by atoms with Gasteiger partial charge in [0, 0.05) is 33.1 Å². The number of hydrogen-bond donors (Lipinski definition) is 1. The molecule has 0 aliphatic heterocycles. The van der Waals surface area contributed by atoms with E-state index in [9.17, 15) is 18.0 Å². The van der Waals surface area contributed by atoms with Crippen molar-refractivity contribution in [3.8, 4) is 5.75 Å². The highest BCUT2D eigenvalue weighted by atomic mass is 35.5. The lowest BCUT2D eigenvalue weighted by Gasteiger charge is -2.34.